The van der Waals surface area contributed by atoms with Crippen LogP contribution >= 0.6 is 0 Å². The summed E-state index contributed by atoms with van der Waals surface area (Å²) in [6.45, 7) is 9.73. The van der Waals surface area contributed by atoms with Crippen LogP contribution < -0.4 is 5.32 Å². The molecule has 0 amide bonds. The molecule has 1 rings (SSSR count). The summed E-state index contributed by atoms with van der Waals surface area (Å²) in [6.07, 6.45) is 3.56. The fraction of sp³-hybridized carbons (Fsp3) is 1.00. The van der Waals surface area contributed by atoms with E-state index >= 15 is 0 Å². The van der Waals surface area contributed by atoms with Crippen molar-refractivity contribution in [3.8, 4) is 0 Å². The highest BCUT2D eigenvalue weighted by molar-refractivity contribution is 4.78. The topological polar surface area (TPSA) is 43.0 Å². The number of ether oxygens (including phenoxy) is 3. The van der Waals surface area contributed by atoms with Crippen LogP contribution in [0.1, 0.15) is 26.2 Å². The van der Waals surface area contributed by atoms with Gasteiger partial charge in [-0.1, -0.05) is 13.3 Å². The number of likely N-dealkylation sites (N-methyl/N-ethyl adjacent to an activating group) is 1. The average molecular weight is 288 g/mol. The van der Waals surface area contributed by atoms with Gasteiger partial charge in [0.05, 0.1) is 33.0 Å². The summed E-state index contributed by atoms with van der Waals surface area (Å²) in [6, 6.07) is 0.676. The lowest BCUT2D eigenvalue weighted by Gasteiger charge is -2.23. The van der Waals surface area contributed by atoms with Gasteiger partial charge in [-0.3, -0.25) is 4.90 Å². The molecule has 0 aromatic heterocycles. The molecule has 0 saturated carbocycles. The summed E-state index contributed by atoms with van der Waals surface area (Å²) < 4.78 is 16.4. The van der Waals surface area contributed by atoms with Crippen LogP contribution in [0, 0.1) is 0 Å². The lowest BCUT2D eigenvalue weighted by Crippen LogP contribution is -2.35. The van der Waals surface area contributed by atoms with Gasteiger partial charge in [-0.25, -0.2) is 0 Å². The van der Waals surface area contributed by atoms with Gasteiger partial charge >= 0.3 is 0 Å². The first-order chi connectivity index (χ1) is 9.84. The number of nitrogens with one attached hydrogen (secondary N) is 1. The smallest absolute Gasteiger partial charge is 0.0701 e. The maximum atomic E-state index is 5.58. The van der Waals surface area contributed by atoms with Gasteiger partial charge < -0.3 is 19.5 Å². The highest BCUT2D eigenvalue weighted by Gasteiger charge is 2.18. The summed E-state index contributed by atoms with van der Waals surface area (Å²) in [4.78, 5) is 2.38. The van der Waals surface area contributed by atoms with E-state index in [9.17, 15) is 0 Å². The average Bonchev–Trinajstić information content (AvgIpc) is 2.99. The van der Waals surface area contributed by atoms with Crippen LogP contribution in [0.5, 0.6) is 0 Å². The zero-order valence-corrected chi connectivity index (χ0v) is 13.2. The van der Waals surface area contributed by atoms with E-state index in [1.807, 2.05) is 0 Å². The van der Waals surface area contributed by atoms with Crippen LogP contribution in [-0.2, 0) is 14.2 Å². The molecule has 1 fully saturated rings. The first-order valence-corrected chi connectivity index (χ1v) is 7.98. The monoisotopic (exact) mass is 288 g/mol. The number of nitrogens with zero attached hydrogens (tertiary/aromatic N) is 1. The Balaban J connectivity index is 1.76. The molecule has 0 radical (unpaired) electrons. The molecular formula is C15H32N2O3. The van der Waals surface area contributed by atoms with Gasteiger partial charge in [-0.05, 0) is 26.4 Å². The van der Waals surface area contributed by atoms with Crippen LogP contribution in [-0.4, -0.2) is 77.3 Å². The Morgan fingerprint density at radius 1 is 1.00 bits per heavy atom. The Labute approximate surface area is 123 Å². The maximum Gasteiger partial charge on any atom is 0.0701 e. The number of hydrogen-bond acceptors (Lipinski definition) is 5. The van der Waals surface area contributed by atoms with E-state index < -0.39 is 0 Å². The normalized spacial score (nSPS) is 19.1. The van der Waals surface area contributed by atoms with Crippen LogP contribution in [0.3, 0.4) is 0 Å². The Bertz CT molecular complexity index is 211. The minimum Gasteiger partial charge on any atom is -0.379 e. The van der Waals surface area contributed by atoms with Crippen molar-refractivity contribution in [3.63, 3.8) is 0 Å². The van der Waals surface area contributed by atoms with Crippen LogP contribution in [0.25, 0.3) is 0 Å². The molecule has 0 aromatic rings. The highest BCUT2D eigenvalue weighted by Crippen LogP contribution is 2.05. The van der Waals surface area contributed by atoms with Crippen LogP contribution in [0.4, 0.5) is 0 Å². The maximum absolute atomic E-state index is 5.58. The Morgan fingerprint density at radius 2 is 1.65 bits per heavy atom. The molecule has 120 valence electrons. The van der Waals surface area contributed by atoms with E-state index in [1.165, 1.54) is 12.8 Å². The molecule has 20 heavy (non-hydrogen) atoms. The van der Waals surface area contributed by atoms with E-state index in [1.54, 1.807) is 0 Å². The summed E-state index contributed by atoms with van der Waals surface area (Å²) in [5, 5.41) is 3.38. The molecule has 1 aliphatic heterocycles. The zero-order chi connectivity index (χ0) is 14.5. The number of hydrogen-bond donors (Lipinski definition) is 1. The third kappa shape index (κ3) is 8.87. The molecule has 0 aliphatic carbocycles. The van der Waals surface area contributed by atoms with E-state index in [2.05, 4.69) is 24.2 Å². The Kier molecular flexibility index (Phi) is 11.2. The van der Waals surface area contributed by atoms with Gasteiger partial charge in [0.1, 0.15) is 0 Å². The van der Waals surface area contributed by atoms with Crippen molar-refractivity contribution in [2.45, 2.75) is 32.2 Å². The predicted molar refractivity (Wildman–Crippen MR) is 81.3 cm³/mol. The summed E-state index contributed by atoms with van der Waals surface area (Å²) in [7, 11) is 2.17. The van der Waals surface area contributed by atoms with E-state index in [0.717, 1.165) is 39.3 Å². The lowest BCUT2D eigenvalue weighted by molar-refractivity contribution is 0.00985. The minimum atomic E-state index is 0.659. The fourth-order valence-corrected chi connectivity index (χ4v) is 2.20. The van der Waals surface area contributed by atoms with Gasteiger partial charge in [0.2, 0.25) is 0 Å². The molecule has 0 spiro atoms. The second-order valence-corrected chi connectivity index (χ2v) is 5.32. The predicted octanol–water partition coefficient (Wildman–Crippen LogP) is 1.13. The highest BCUT2D eigenvalue weighted by atomic mass is 16.5. The lowest BCUT2D eigenvalue weighted by atomic mass is 10.2. The largest absolute Gasteiger partial charge is 0.379 e. The first kappa shape index (κ1) is 17.9. The molecule has 1 N–H and O–H groups in total. The van der Waals surface area contributed by atoms with Gasteiger partial charge in [-0.2, -0.15) is 0 Å². The summed E-state index contributed by atoms with van der Waals surface area (Å²) in [5.41, 5.74) is 0. The summed E-state index contributed by atoms with van der Waals surface area (Å²) in [5.74, 6) is 0. The fourth-order valence-electron chi connectivity index (χ4n) is 2.20. The number of unbranched alkanes of at least 4 members (excludes halogenated alkanes) is 1. The third-order valence-corrected chi connectivity index (χ3v) is 3.63. The second kappa shape index (κ2) is 12.5. The molecule has 0 aromatic carbocycles. The molecule has 1 unspecified atom stereocenters. The van der Waals surface area contributed by atoms with Crippen molar-refractivity contribution < 1.29 is 14.2 Å². The van der Waals surface area contributed by atoms with E-state index in [0.29, 0.717) is 32.5 Å². The summed E-state index contributed by atoms with van der Waals surface area (Å²) >= 11 is 0. The van der Waals surface area contributed by atoms with Crippen molar-refractivity contribution in [1.29, 1.82) is 0 Å². The molecule has 1 saturated heterocycles. The molecular weight excluding hydrogens is 256 g/mol. The van der Waals surface area contributed by atoms with Crippen LogP contribution in [0.15, 0.2) is 0 Å². The molecule has 0 bridgehead atoms. The molecule has 1 atom stereocenters. The van der Waals surface area contributed by atoms with Crippen LogP contribution in [0.2, 0.25) is 0 Å². The number of rotatable bonds is 13. The van der Waals surface area contributed by atoms with Gasteiger partial charge in [0.25, 0.3) is 0 Å². The standard InChI is InChI=1S/C15H32N2O3/c1-3-4-8-18-10-12-20-13-11-19-9-7-17(2)15-5-6-16-14-15/h15-16H,3-14H2,1-2H3. The van der Waals surface area contributed by atoms with Crippen molar-refractivity contribution in [2.24, 2.45) is 0 Å². The molecule has 5 nitrogen and oxygen atoms in total. The van der Waals surface area contributed by atoms with Gasteiger partial charge in [0.15, 0.2) is 0 Å². The van der Waals surface area contributed by atoms with Crippen molar-refractivity contribution in [2.75, 3.05) is 66.3 Å². The quantitative estimate of drug-likeness (QED) is 0.515. The third-order valence-electron chi connectivity index (χ3n) is 3.63. The minimum absolute atomic E-state index is 0.659. The second-order valence-electron chi connectivity index (χ2n) is 5.32. The van der Waals surface area contributed by atoms with Gasteiger partial charge in [0, 0.05) is 25.7 Å². The zero-order valence-electron chi connectivity index (χ0n) is 13.2. The van der Waals surface area contributed by atoms with Gasteiger partial charge in [-0.15, -0.1) is 0 Å². The SMILES string of the molecule is CCCCOCCOCCOCCN(C)C1CCNC1. The van der Waals surface area contributed by atoms with Crippen molar-refractivity contribution >= 4 is 0 Å². The molecule has 1 heterocycles. The van der Waals surface area contributed by atoms with E-state index in [4.69, 9.17) is 14.2 Å². The Morgan fingerprint density at radius 3 is 2.25 bits per heavy atom. The van der Waals surface area contributed by atoms with E-state index in [-0.39, 0.29) is 0 Å². The van der Waals surface area contributed by atoms with Crippen molar-refractivity contribution in [3.05, 3.63) is 0 Å². The molecule has 5 heteroatoms. The Hall–Kier alpha value is -0.200. The molecule has 1 aliphatic rings. The first-order valence-electron chi connectivity index (χ1n) is 7.98. The van der Waals surface area contributed by atoms with Crippen molar-refractivity contribution in [1.82, 2.24) is 10.2 Å².